The zero-order valence-electron chi connectivity index (χ0n) is 35.3. The predicted octanol–water partition coefficient (Wildman–Crippen LogP) is 14.6. The summed E-state index contributed by atoms with van der Waals surface area (Å²) in [7, 11) is 0. The van der Waals surface area contributed by atoms with Gasteiger partial charge in [-0.25, -0.2) is 0 Å². The summed E-state index contributed by atoms with van der Waals surface area (Å²) in [6.45, 7) is 34.4. The van der Waals surface area contributed by atoms with Crippen molar-refractivity contribution in [1.82, 2.24) is 0 Å². The van der Waals surface area contributed by atoms with Crippen LogP contribution in [0.3, 0.4) is 0 Å². The molecule has 2 N–H and O–H groups in total. The van der Waals surface area contributed by atoms with Crippen molar-refractivity contribution in [3.8, 4) is 11.5 Å². The normalized spacial score (nSPS) is 12.0. The van der Waals surface area contributed by atoms with E-state index in [2.05, 4.69) is 126 Å². The van der Waals surface area contributed by atoms with E-state index in [0.29, 0.717) is 11.4 Å². The predicted molar refractivity (Wildman–Crippen MR) is 227 cm³/mol. The van der Waals surface area contributed by atoms with Crippen molar-refractivity contribution in [1.29, 1.82) is 0 Å². The first-order valence-corrected chi connectivity index (χ1v) is 19.1. The summed E-state index contributed by atoms with van der Waals surface area (Å²) in [6.07, 6.45) is 2.18. The van der Waals surface area contributed by atoms with Crippen LogP contribution in [-0.2, 0) is 38.2 Å². The number of rotatable bonds is 9. The van der Waals surface area contributed by atoms with Gasteiger partial charge in [0, 0.05) is 18.8 Å². The summed E-state index contributed by atoms with van der Waals surface area (Å²) in [5.41, 5.74) is 9.30. The Morgan fingerprint density at radius 1 is 0.509 bits per heavy atom. The van der Waals surface area contributed by atoms with Gasteiger partial charge in [-0.2, -0.15) is 0 Å². The van der Waals surface area contributed by atoms with Gasteiger partial charge in [0.2, 0.25) is 0 Å². The molecule has 53 heavy (non-hydrogen) atoms. The van der Waals surface area contributed by atoms with Crippen LogP contribution in [0.2, 0.25) is 0 Å². The molecule has 5 nitrogen and oxygen atoms in total. The zero-order chi connectivity index (χ0) is 39.2. The fraction of sp³-hybridized carbons (Fsp3) is 0.489. The smallest absolute Gasteiger partial charge is 0.655 e. The van der Waals surface area contributed by atoms with Crippen molar-refractivity contribution in [3.05, 3.63) is 111 Å². The Bertz CT molecular complexity index is 1780. The van der Waals surface area contributed by atoms with Gasteiger partial charge in [0.25, 0.3) is 0 Å². The number of phenols is 2. The molecule has 0 aliphatic rings. The van der Waals surface area contributed by atoms with E-state index in [9.17, 15) is 10.2 Å². The Morgan fingerprint density at radius 2 is 0.887 bits per heavy atom. The van der Waals surface area contributed by atoms with Gasteiger partial charge in [0.1, 0.15) is 11.5 Å². The van der Waals surface area contributed by atoms with E-state index in [1.54, 1.807) is 0 Å². The van der Waals surface area contributed by atoms with Crippen LogP contribution in [0, 0.1) is 6.92 Å². The fourth-order valence-corrected chi connectivity index (χ4v) is 6.09. The third-order valence-corrected chi connectivity index (χ3v) is 9.33. The van der Waals surface area contributed by atoms with E-state index in [1.807, 2.05) is 55.5 Å². The Morgan fingerprint density at radius 3 is 1.26 bits per heavy atom. The minimum atomic E-state index is -0.161. The molecule has 0 atom stereocenters. The molecule has 4 rings (SSSR count). The summed E-state index contributed by atoms with van der Waals surface area (Å²) >= 11 is 0. The number of aryl methyl sites for hydroxylation is 1. The SMILES string of the molecule is CCCN(CCC)c1ccccc1[N-]c1cc(C(C)(C)C)cc(C(C)(C)C)c1O.Cc1ccccc1[N-]c1cc(C(C)(C)C)cc(C(C)(C)C)c1O.[Ni+2]. The molecule has 0 saturated carbocycles. The van der Waals surface area contributed by atoms with Gasteiger partial charge in [-0.3, -0.25) is 0 Å². The van der Waals surface area contributed by atoms with E-state index >= 15 is 0 Å². The summed E-state index contributed by atoms with van der Waals surface area (Å²) in [4.78, 5) is 2.40. The maximum atomic E-state index is 11.1. The summed E-state index contributed by atoms with van der Waals surface area (Å²) < 4.78 is 0. The minimum absolute atomic E-state index is 0. The standard InChI is InChI=1S/C26H39N2O.C21H28NO.Ni/c1-9-15-28(16-10-2)23-14-12-11-13-21(23)27-22-18-19(25(3,4)5)17-20(24(22)29)26(6,7)8;1-14-10-8-9-11-17(14)22-18-13-15(20(2,3)4)12-16(19(18)23)21(5,6)7;/h11-14,17-18,29H,9-10,15-16H2,1-8H3;8-13,23H,1-7H3;/q2*-1;+2. The first kappa shape index (κ1) is 45.5. The molecule has 0 radical (unpaired) electrons. The van der Waals surface area contributed by atoms with E-state index in [0.717, 1.165) is 59.7 Å². The first-order valence-electron chi connectivity index (χ1n) is 19.1. The van der Waals surface area contributed by atoms with Crippen LogP contribution >= 0.6 is 0 Å². The molecule has 0 amide bonds. The molecule has 0 unspecified atom stereocenters. The van der Waals surface area contributed by atoms with Gasteiger partial charge in [0.15, 0.2) is 0 Å². The van der Waals surface area contributed by atoms with Gasteiger partial charge in [-0.05, 0) is 69.7 Å². The number of benzene rings is 4. The minimum Gasteiger partial charge on any atom is -0.655 e. The molecule has 4 aromatic carbocycles. The largest absolute Gasteiger partial charge is 2.00 e. The molecule has 0 bridgehead atoms. The van der Waals surface area contributed by atoms with Crippen molar-refractivity contribution in [2.75, 3.05) is 18.0 Å². The maximum Gasteiger partial charge on any atom is 2.00 e. The van der Waals surface area contributed by atoms with E-state index in [1.165, 1.54) is 11.1 Å². The molecule has 0 saturated heterocycles. The Balaban J connectivity index is 0.000000369. The second-order valence-corrected chi connectivity index (χ2v) is 18.3. The first-order chi connectivity index (χ1) is 24.0. The monoisotopic (exact) mass is 763 g/mol. The molecule has 6 heteroatoms. The zero-order valence-corrected chi connectivity index (χ0v) is 36.3. The molecule has 0 aliphatic heterocycles. The second-order valence-electron chi connectivity index (χ2n) is 18.3. The average molecular weight is 765 g/mol. The van der Waals surface area contributed by atoms with Crippen LogP contribution in [0.25, 0.3) is 10.6 Å². The summed E-state index contributed by atoms with van der Waals surface area (Å²) in [5.74, 6) is 0.576. The Kier molecular flexibility index (Phi) is 15.6. The van der Waals surface area contributed by atoms with E-state index in [-0.39, 0.29) is 49.7 Å². The Hall–Kier alpha value is -3.63. The molecular formula is C47H67N3NiO2. The number of hydrogen-bond donors (Lipinski definition) is 2. The maximum absolute atomic E-state index is 11.1. The molecule has 0 fully saturated rings. The van der Waals surface area contributed by atoms with Crippen molar-refractivity contribution >= 4 is 28.4 Å². The number of anilines is 1. The van der Waals surface area contributed by atoms with Gasteiger partial charge in [0.05, 0.1) is 0 Å². The van der Waals surface area contributed by atoms with Gasteiger partial charge in [-0.15, -0.1) is 11.4 Å². The number of para-hydroxylation sites is 3. The van der Waals surface area contributed by atoms with E-state index in [4.69, 9.17) is 10.6 Å². The second kappa shape index (κ2) is 18.1. The van der Waals surface area contributed by atoms with Crippen LogP contribution in [0.4, 0.5) is 28.4 Å². The molecule has 0 spiro atoms. The number of phenolic OH excluding ortho intramolecular Hbond substituents is 2. The van der Waals surface area contributed by atoms with Gasteiger partial charge in [-0.1, -0.05) is 181 Å². The molecule has 0 aromatic heterocycles. The third kappa shape index (κ3) is 12.2. The summed E-state index contributed by atoms with van der Waals surface area (Å²) in [6, 6.07) is 24.6. The van der Waals surface area contributed by atoms with Crippen LogP contribution in [0.1, 0.15) is 138 Å². The molecular weight excluding hydrogens is 697 g/mol. The summed E-state index contributed by atoms with van der Waals surface area (Å²) in [5, 5.41) is 31.6. The molecule has 0 aliphatic carbocycles. The topological polar surface area (TPSA) is 71.9 Å². The fourth-order valence-electron chi connectivity index (χ4n) is 6.09. The van der Waals surface area contributed by atoms with Crippen LogP contribution in [0.15, 0.2) is 72.8 Å². The van der Waals surface area contributed by atoms with Crippen LogP contribution < -0.4 is 4.90 Å². The number of nitrogens with zero attached hydrogens (tertiary/aromatic N) is 3. The molecule has 0 heterocycles. The number of aromatic hydroxyl groups is 2. The van der Waals surface area contributed by atoms with E-state index < -0.39 is 0 Å². The average Bonchev–Trinajstić information content (AvgIpc) is 3.02. The Labute approximate surface area is 332 Å². The third-order valence-electron chi connectivity index (χ3n) is 9.33. The number of hydrogen-bond acceptors (Lipinski definition) is 3. The van der Waals surface area contributed by atoms with Crippen molar-refractivity contribution in [3.63, 3.8) is 0 Å². The van der Waals surface area contributed by atoms with Crippen LogP contribution in [-0.4, -0.2) is 23.3 Å². The van der Waals surface area contributed by atoms with Gasteiger partial charge < -0.3 is 25.7 Å². The van der Waals surface area contributed by atoms with Crippen molar-refractivity contribution < 1.29 is 26.7 Å². The quantitative estimate of drug-likeness (QED) is 0.167. The molecule has 292 valence electrons. The van der Waals surface area contributed by atoms with Crippen LogP contribution in [0.5, 0.6) is 11.5 Å². The molecule has 4 aromatic rings. The van der Waals surface area contributed by atoms with Crippen molar-refractivity contribution in [2.24, 2.45) is 0 Å². The van der Waals surface area contributed by atoms with Crippen molar-refractivity contribution in [2.45, 2.75) is 138 Å². The van der Waals surface area contributed by atoms with Gasteiger partial charge >= 0.3 is 16.5 Å².